The summed E-state index contributed by atoms with van der Waals surface area (Å²) >= 11 is 0. The molecule has 2 aliphatic heterocycles. The van der Waals surface area contributed by atoms with Crippen molar-refractivity contribution in [2.24, 2.45) is 0 Å². The highest BCUT2D eigenvalue weighted by atomic mass is 32.2. The zero-order valence-corrected chi connectivity index (χ0v) is 17.4. The molecule has 0 radical (unpaired) electrons. The number of methoxy groups -OCH3 is 1. The number of sulfonamides is 1. The van der Waals surface area contributed by atoms with Crippen LogP contribution < -0.4 is 19.3 Å². The molecule has 2 aromatic rings. The van der Waals surface area contributed by atoms with E-state index in [1.54, 1.807) is 40.1 Å². The molecule has 2 aromatic carbocycles. The fraction of sp³-hybridized carbons (Fsp3) is 0.333. The molecule has 0 unspecified atom stereocenters. The third kappa shape index (κ3) is 3.85. The topological polar surface area (TPSA) is 96.0 Å². The quantitative estimate of drug-likeness (QED) is 0.762. The average molecular weight is 429 g/mol. The van der Waals surface area contributed by atoms with Gasteiger partial charge >= 0.3 is 0 Å². The van der Waals surface area contributed by atoms with E-state index in [1.807, 2.05) is 0 Å². The van der Waals surface area contributed by atoms with E-state index in [1.165, 1.54) is 19.2 Å². The second-order valence-electron chi connectivity index (χ2n) is 7.28. The molecule has 1 N–H and O–H groups in total. The minimum atomic E-state index is -3.87. The lowest BCUT2D eigenvalue weighted by atomic mass is 10.2. The highest BCUT2D eigenvalue weighted by Crippen LogP contribution is 2.34. The number of rotatable bonds is 6. The van der Waals surface area contributed by atoms with Crippen LogP contribution in [0.4, 0.5) is 17.1 Å². The summed E-state index contributed by atoms with van der Waals surface area (Å²) in [6.45, 7) is 1.20. The van der Waals surface area contributed by atoms with E-state index < -0.39 is 10.0 Å². The minimum Gasteiger partial charge on any atom is -0.495 e. The Morgan fingerprint density at radius 1 is 0.900 bits per heavy atom. The molecule has 8 nitrogen and oxygen atoms in total. The highest BCUT2D eigenvalue weighted by molar-refractivity contribution is 7.92. The van der Waals surface area contributed by atoms with Gasteiger partial charge in [-0.15, -0.1) is 0 Å². The lowest BCUT2D eigenvalue weighted by Gasteiger charge is -2.20. The van der Waals surface area contributed by atoms with Gasteiger partial charge in [0.15, 0.2) is 0 Å². The van der Waals surface area contributed by atoms with Crippen LogP contribution in [0.5, 0.6) is 5.75 Å². The van der Waals surface area contributed by atoms with E-state index in [0.29, 0.717) is 43.1 Å². The van der Waals surface area contributed by atoms with Crippen LogP contribution in [0.15, 0.2) is 47.4 Å². The number of carbonyl (C=O) groups is 2. The van der Waals surface area contributed by atoms with Gasteiger partial charge in [0.2, 0.25) is 11.8 Å². The van der Waals surface area contributed by atoms with Gasteiger partial charge in [-0.1, -0.05) is 0 Å². The Balaban J connectivity index is 1.57. The minimum absolute atomic E-state index is 0.0387. The third-order valence-corrected chi connectivity index (χ3v) is 6.71. The normalized spacial score (nSPS) is 17.0. The van der Waals surface area contributed by atoms with Crippen LogP contribution in [-0.2, 0) is 19.6 Å². The molecule has 0 atom stereocenters. The first kappa shape index (κ1) is 20.2. The van der Waals surface area contributed by atoms with Gasteiger partial charge in [0.05, 0.1) is 17.7 Å². The lowest BCUT2D eigenvalue weighted by molar-refractivity contribution is -0.117. The molecule has 158 valence electrons. The Morgan fingerprint density at radius 2 is 1.53 bits per heavy atom. The maximum Gasteiger partial charge on any atom is 0.261 e. The Labute approximate surface area is 175 Å². The number of amides is 2. The summed E-state index contributed by atoms with van der Waals surface area (Å²) in [4.78, 5) is 27.3. The van der Waals surface area contributed by atoms with Crippen molar-refractivity contribution in [2.45, 2.75) is 30.6 Å². The van der Waals surface area contributed by atoms with Gasteiger partial charge in [-0.25, -0.2) is 8.42 Å². The molecule has 30 heavy (non-hydrogen) atoms. The van der Waals surface area contributed by atoms with Gasteiger partial charge in [-0.2, -0.15) is 0 Å². The van der Waals surface area contributed by atoms with Crippen molar-refractivity contribution in [2.75, 3.05) is 34.7 Å². The third-order valence-electron chi connectivity index (χ3n) is 5.33. The van der Waals surface area contributed by atoms with Gasteiger partial charge in [-0.3, -0.25) is 14.3 Å². The largest absolute Gasteiger partial charge is 0.495 e. The van der Waals surface area contributed by atoms with Gasteiger partial charge in [0.25, 0.3) is 10.0 Å². The first-order valence-electron chi connectivity index (χ1n) is 9.81. The molecule has 0 aromatic heterocycles. The van der Waals surface area contributed by atoms with Gasteiger partial charge in [0, 0.05) is 37.3 Å². The van der Waals surface area contributed by atoms with Crippen LogP contribution in [0.3, 0.4) is 0 Å². The monoisotopic (exact) mass is 429 g/mol. The van der Waals surface area contributed by atoms with Gasteiger partial charge in [0.1, 0.15) is 5.75 Å². The number of benzene rings is 2. The molecule has 2 heterocycles. The van der Waals surface area contributed by atoms with Crippen LogP contribution in [-0.4, -0.2) is 40.4 Å². The van der Waals surface area contributed by atoms with E-state index in [0.717, 1.165) is 18.5 Å². The summed E-state index contributed by atoms with van der Waals surface area (Å²) in [5, 5.41) is 0. The Kier molecular flexibility index (Phi) is 5.38. The van der Waals surface area contributed by atoms with Crippen molar-refractivity contribution in [3.63, 3.8) is 0 Å². The van der Waals surface area contributed by atoms with Crippen molar-refractivity contribution in [1.82, 2.24) is 0 Å². The molecule has 2 saturated heterocycles. The Morgan fingerprint density at radius 3 is 2.10 bits per heavy atom. The predicted octanol–water partition coefficient (Wildman–Crippen LogP) is 2.75. The lowest BCUT2D eigenvalue weighted by Crippen LogP contribution is -2.25. The molecule has 0 aliphatic carbocycles. The van der Waals surface area contributed by atoms with Crippen LogP contribution in [0, 0.1) is 0 Å². The second kappa shape index (κ2) is 7.98. The first-order chi connectivity index (χ1) is 14.4. The van der Waals surface area contributed by atoms with Gasteiger partial charge < -0.3 is 14.5 Å². The van der Waals surface area contributed by atoms with Crippen molar-refractivity contribution in [3.8, 4) is 5.75 Å². The molecule has 0 saturated carbocycles. The number of nitrogens with one attached hydrogen (secondary N) is 1. The maximum absolute atomic E-state index is 12.9. The zero-order valence-electron chi connectivity index (χ0n) is 16.6. The number of carbonyl (C=O) groups excluding carboxylic acids is 2. The second-order valence-corrected chi connectivity index (χ2v) is 8.97. The molecule has 2 aliphatic rings. The van der Waals surface area contributed by atoms with E-state index >= 15 is 0 Å². The van der Waals surface area contributed by atoms with Crippen LogP contribution >= 0.6 is 0 Å². The summed E-state index contributed by atoms with van der Waals surface area (Å²) < 4.78 is 33.7. The SMILES string of the molecule is COc1ccc(S(=O)(=O)Nc2ccc(N3CCCC3=O)cc2)cc1N1CCCC1=O. The first-order valence-corrected chi connectivity index (χ1v) is 11.3. The summed E-state index contributed by atoms with van der Waals surface area (Å²) in [5.41, 5.74) is 1.59. The molecule has 0 bridgehead atoms. The standard InChI is InChI=1S/C21H23N3O5S/c1-29-19-11-10-17(14-18(19)24-13-3-5-21(24)26)30(27,28)22-15-6-8-16(9-7-15)23-12-2-4-20(23)25/h6-11,14,22H,2-5,12-13H2,1H3. The van der Waals surface area contributed by atoms with E-state index in [2.05, 4.69) is 4.72 Å². The molecule has 4 rings (SSSR count). The van der Waals surface area contributed by atoms with Crippen molar-refractivity contribution in [3.05, 3.63) is 42.5 Å². The average Bonchev–Trinajstić information content (AvgIpc) is 3.36. The summed E-state index contributed by atoms with van der Waals surface area (Å²) in [6.07, 6.45) is 2.52. The summed E-state index contributed by atoms with van der Waals surface area (Å²) in [7, 11) is -2.39. The van der Waals surface area contributed by atoms with Crippen molar-refractivity contribution < 1.29 is 22.7 Å². The number of hydrogen-bond donors (Lipinski definition) is 1. The smallest absolute Gasteiger partial charge is 0.261 e. The van der Waals surface area contributed by atoms with E-state index in [9.17, 15) is 18.0 Å². The van der Waals surface area contributed by atoms with E-state index in [-0.39, 0.29) is 16.7 Å². The molecule has 2 amide bonds. The molecule has 0 spiro atoms. The van der Waals surface area contributed by atoms with Crippen LogP contribution in [0.2, 0.25) is 0 Å². The summed E-state index contributed by atoms with van der Waals surface area (Å²) in [5.74, 6) is 0.470. The maximum atomic E-state index is 12.9. The number of hydrogen-bond acceptors (Lipinski definition) is 5. The zero-order chi connectivity index (χ0) is 21.3. The molecular formula is C21H23N3O5S. The predicted molar refractivity (Wildman–Crippen MR) is 113 cm³/mol. The van der Waals surface area contributed by atoms with E-state index in [4.69, 9.17) is 4.74 Å². The molecule has 2 fully saturated rings. The number of nitrogens with zero attached hydrogens (tertiary/aromatic N) is 2. The molecule has 9 heteroatoms. The highest BCUT2D eigenvalue weighted by Gasteiger charge is 2.27. The Bertz CT molecular complexity index is 1080. The van der Waals surface area contributed by atoms with Crippen molar-refractivity contribution in [1.29, 1.82) is 0 Å². The number of ether oxygens (including phenoxy) is 1. The fourth-order valence-electron chi connectivity index (χ4n) is 3.80. The number of anilines is 3. The van der Waals surface area contributed by atoms with Crippen LogP contribution in [0.25, 0.3) is 0 Å². The fourth-order valence-corrected chi connectivity index (χ4v) is 4.87. The summed E-state index contributed by atoms with van der Waals surface area (Å²) in [6, 6.07) is 11.2. The van der Waals surface area contributed by atoms with Crippen molar-refractivity contribution >= 4 is 38.9 Å². The van der Waals surface area contributed by atoms with Crippen LogP contribution in [0.1, 0.15) is 25.7 Å². The molecular weight excluding hydrogens is 406 g/mol. The van der Waals surface area contributed by atoms with Gasteiger partial charge in [-0.05, 0) is 55.3 Å². The Hall–Kier alpha value is -3.07.